The van der Waals surface area contributed by atoms with Gasteiger partial charge in [-0.2, -0.15) is 0 Å². The van der Waals surface area contributed by atoms with Gasteiger partial charge >= 0.3 is 0 Å². The van der Waals surface area contributed by atoms with Gasteiger partial charge in [-0.1, -0.05) is 36.7 Å². The van der Waals surface area contributed by atoms with E-state index in [1.807, 2.05) is 30.3 Å². The molecule has 1 aromatic heterocycles. The SMILES string of the molecule is CCCNC(c1ccccc1OC)c1cc(Cl)cnc1N. The Hall–Kier alpha value is -1.78. The van der Waals surface area contributed by atoms with Crippen LogP contribution in [0, 0.1) is 0 Å². The number of benzene rings is 1. The molecular formula is C16H20ClN3O. The lowest BCUT2D eigenvalue weighted by Crippen LogP contribution is -2.25. The van der Waals surface area contributed by atoms with Gasteiger partial charge in [0.05, 0.1) is 18.2 Å². The minimum atomic E-state index is -0.104. The maximum absolute atomic E-state index is 6.08. The first-order valence-corrected chi connectivity index (χ1v) is 7.32. The first-order valence-electron chi connectivity index (χ1n) is 6.94. The number of nitrogen functional groups attached to an aromatic ring is 1. The summed E-state index contributed by atoms with van der Waals surface area (Å²) in [5, 5.41) is 4.05. The number of anilines is 1. The van der Waals surface area contributed by atoms with Crippen molar-refractivity contribution in [2.75, 3.05) is 19.4 Å². The van der Waals surface area contributed by atoms with E-state index in [1.165, 1.54) is 0 Å². The zero-order chi connectivity index (χ0) is 15.2. The number of nitrogens with two attached hydrogens (primary N) is 1. The van der Waals surface area contributed by atoms with E-state index >= 15 is 0 Å². The van der Waals surface area contributed by atoms with Crippen LogP contribution in [0.15, 0.2) is 36.5 Å². The maximum Gasteiger partial charge on any atom is 0.128 e. The molecule has 112 valence electrons. The lowest BCUT2D eigenvalue weighted by molar-refractivity contribution is 0.404. The number of para-hydroxylation sites is 1. The smallest absolute Gasteiger partial charge is 0.128 e. The van der Waals surface area contributed by atoms with Crippen LogP contribution in [0.2, 0.25) is 5.02 Å². The number of ether oxygens (including phenoxy) is 1. The highest BCUT2D eigenvalue weighted by Gasteiger charge is 2.20. The number of halogens is 1. The molecule has 0 amide bonds. The molecule has 0 bridgehead atoms. The molecule has 4 nitrogen and oxygen atoms in total. The Bertz CT molecular complexity index is 604. The number of methoxy groups -OCH3 is 1. The largest absolute Gasteiger partial charge is 0.496 e. The number of pyridine rings is 1. The molecule has 1 aromatic carbocycles. The Morgan fingerprint density at radius 1 is 1.33 bits per heavy atom. The van der Waals surface area contributed by atoms with Crippen LogP contribution in [0.5, 0.6) is 5.75 Å². The van der Waals surface area contributed by atoms with Crippen molar-refractivity contribution in [2.45, 2.75) is 19.4 Å². The highest BCUT2D eigenvalue weighted by atomic mass is 35.5. The van der Waals surface area contributed by atoms with Gasteiger partial charge in [0.2, 0.25) is 0 Å². The summed E-state index contributed by atoms with van der Waals surface area (Å²) in [5.74, 6) is 1.28. The molecule has 0 fully saturated rings. The van der Waals surface area contributed by atoms with Crippen LogP contribution >= 0.6 is 11.6 Å². The van der Waals surface area contributed by atoms with Crippen molar-refractivity contribution >= 4 is 17.4 Å². The van der Waals surface area contributed by atoms with E-state index in [1.54, 1.807) is 13.3 Å². The van der Waals surface area contributed by atoms with Gasteiger partial charge in [0.25, 0.3) is 0 Å². The van der Waals surface area contributed by atoms with Gasteiger partial charge in [-0.05, 0) is 25.1 Å². The summed E-state index contributed by atoms with van der Waals surface area (Å²) in [6.07, 6.45) is 2.57. The van der Waals surface area contributed by atoms with Crippen molar-refractivity contribution in [1.29, 1.82) is 0 Å². The number of aromatic nitrogens is 1. The van der Waals surface area contributed by atoms with Gasteiger partial charge in [0.1, 0.15) is 11.6 Å². The van der Waals surface area contributed by atoms with E-state index in [0.717, 1.165) is 29.8 Å². The van der Waals surface area contributed by atoms with Crippen molar-refractivity contribution in [1.82, 2.24) is 10.3 Å². The molecule has 3 N–H and O–H groups in total. The summed E-state index contributed by atoms with van der Waals surface area (Å²) in [6, 6.07) is 9.62. The number of nitrogens with one attached hydrogen (secondary N) is 1. The third kappa shape index (κ3) is 3.65. The predicted octanol–water partition coefficient (Wildman–Crippen LogP) is 3.41. The van der Waals surface area contributed by atoms with E-state index in [-0.39, 0.29) is 6.04 Å². The summed E-state index contributed by atoms with van der Waals surface area (Å²) in [4.78, 5) is 4.15. The third-order valence-corrected chi connectivity index (χ3v) is 3.48. The molecule has 1 heterocycles. The Balaban J connectivity index is 2.49. The summed E-state index contributed by atoms with van der Waals surface area (Å²) in [6.45, 7) is 2.97. The normalized spacial score (nSPS) is 12.1. The second kappa shape index (κ2) is 7.29. The fraction of sp³-hybridized carbons (Fsp3) is 0.312. The molecule has 0 saturated carbocycles. The monoisotopic (exact) mass is 305 g/mol. The van der Waals surface area contributed by atoms with Crippen molar-refractivity contribution < 1.29 is 4.74 Å². The van der Waals surface area contributed by atoms with E-state index in [4.69, 9.17) is 22.1 Å². The van der Waals surface area contributed by atoms with Crippen molar-refractivity contribution in [2.24, 2.45) is 0 Å². The van der Waals surface area contributed by atoms with E-state index < -0.39 is 0 Å². The molecule has 1 atom stereocenters. The van der Waals surface area contributed by atoms with Gasteiger partial charge in [-0.15, -0.1) is 0 Å². The lowest BCUT2D eigenvalue weighted by Gasteiger charge is -2.22. The zero-order valence-electron chi connectivity index (χ0n) is 12.3. The summed E-state index contributed by atoms with van der Waals surface area (Å²) in [5.41, 5.74) is 7.92. The average Bonchev–Trinajstić information content (AvgIpc) is 2.51. The molecule has 0 aliphatic carbocycles. The lowest BCUT2D eigenvalue weighted by atomic mass is 9.98. The molecule has 0 aliphatic heterocycles. The van der Waals surface area contributed by atoms with Gasteiger partial charge in [0, 0.05) is 17.3 Å². The summed E-state index contributed by atoms with van der Waals surface area (Å²) < 4.78 is 5.46. The van der Waals surface area contributed by atoms with Gasteiger partial charge in [-0.3, -0.25) is 0 Å². The van der Waals surface area contributed by atoms with Gasteiger partial charge in [-0.25, -0.2) is 4.98 Å². The third-order valence-electron chi connectivity index (χ3n) is 3.28. The molecule has 1 unspecified atom stereocenters. The molecule has 5 heteroatoms. The Labute approximate surface area is 130 Å². The quantitative estimate of drug-likeness (QED) is 0.858. The topological polar surface area (TPSA) is 60.2 Å². The molecule has 0 spiro atoms. The van der Waals surface area contributed by atoms with E-state index in [2.05, 4.69) is 17.2 Å². The van der Waals surface area contributed by atoms with Crippen molar-refractivity contribution in [3.05, 3.63) is 52.7 Å². The number of hydrogen-bond donors (Lipinski definition) is 2. The Morgan fingerprint density at radius 3 is 2.81 bits per heavy atom. The first kappa shape index (κ1) is 15.6. The second-order valence-electron chi connectivity index (χ2n) is 4.76. The summed E-state index contributed by atoms with van der Waals surface area (Å²) >= 11 is 6.08. The Kier molecular flexibility index (Phi) is 5.42. The highest BCUT2D eigenvalue weighted by molar-refractivity contribution is 6.30. The molecular weight excluding hydrogens is 286 g/mol. The fourth-order valence-corrected chi connectivity index (χ4v) is 2.44. The molecule has 0 saturated heterocycles. The van der Waals surface area contributed by atoms with Crippen LogP contribution in [0.4, 0.5) is 5.82 Å². The van der Waals surface area contributed by atoms with Crippen LogP contribution in [-0.2, 0) is 0 Å². The number of rotatable bonds is 6. The van der Waals surface area contributed by atoms with Crippen LogP contribution < -0.4 is 15.8 Å². The predicted molar refractivity (Wildman–Crippen MR) is 86.8 cm³/mol. The van der Waals surface area contributed by atoms with Crippen molar-refractivity contribution in [3.63, 3.8) is 0 Å². The van der Waals surface area contributed by atoms with Gasteiger partial charge < -0.3 is 15.8 Å². The Morgan fingerprint density at radius 2 is 2.10 bits per heavy atom. The zero-order valence-corrected chi connectivity index (χ0v) is 13.0. The van der Waals surface area contributed by atoms with Crippen LogP contribution in [0.3, 0.4) is 0 Å². The number of hydrogen-bond acceptors (Lipinski definition) is 4. The maximum atomic E-state index is 6.08. The molecule has 0 aliphatic rings. The van der Waals surface area contributed by atoms with Crippen LogP contribution in [-0.4, -0.2) is 18.6 Å². The molecule has 21 heavy (non-hydrogen) atoms. The average molecular weight is 306 g/mol. The number of nitrogens with zero attached hydrogens (tertiary/aromatic N) is 1. The molecule has 2 aromatic rings. The fourth-order valence-electron chi connectivity index (χ4n) is 2.28. The summed E-state index contributed by atoms with van der Waals surface area (Å²) in [7, 11) is 1.66. The first-order chi connectivity index (χ1) is 10.2. The van der Waals surface area contributed by atoms with Gasteiger partial charge in [0.15, 0.2) is 0 Å². The minimum Gasteiger partial charge on any atom is -0.496 e. The van der Waals surface area contributed by atoms with Crippen molar-refractivity contribution in [3.8, 4) is 5.75 Å². The second-order valence-corrected chi connectivity index (χ2v) is 5.19. The standard InChI is InChI=1S/C16H20ClN3O/c1-3-8-19-15(12-6-4-5-7-14(12)21-2)13-9-11(17)10-20-16(13)18/h4-7,9-10,15,19H,3,8H2,1-2H3,(H2,18,20). The highest BCUT2D eigenvalue weighted by Crippen LogP contribution is 2.33. The van der Waals surface area contributed by atoms with Crippen LogP contribution in [0.1, 0.15) is 30.5 Å². The van der Waals surface area contributed by atoms with E-state index in [0.29, 0.717) is 10.8 Å². The van der Waals surface area contributed by atoms with E-state index in [9.17, 15) is 0 Å². The van der Waals surface area contributed by atoms with Crippen LogP contribution in [0.25, 0.3) is 0 Å². The molecule has 0 radical (unpaired) electrons. The minimum absolute atomic E-state index is 0.104. The molecule has 2 rings (SSSR count).